The lowest BCUT2D eigenvalue weighted by atomic mass is 10.1. The lowest BCUT2D eigenvalue weighted by Crippen LogP contribution is -2.58. The van der Waals surface area contributed by atoms with Crippen LogP contribution in [0.25, 0.3) is 0 Å². The molecule has 6 heteroatoms. The Labute approximate surface area is 178 Å². The summed E-state index contributed by atoms with van der Waals surface area (Å²) in [4.78, 5) is 16.3. The van der Waals surface area contributed by atoms with E-state index in [-0.39, 0.29) is 12.5 Å². The number of carbonyl (C=O) groups excluding carboxylic acids is 1. The molecule has 4 rings (SSSR count). The first-order valence-corrected chi connectivity index (χ1v) is 10.7. The highest BCUT2D eigenvalue weighted by Gasteiger charge is 2.31. The Morgan fingerprint density at radius 2 is 1.83 bits per heavy atom. The van der Waals surface area contributed by atoms with Crippen LogP contribution in [0.4, 0.5) is 11.4 Å². The van der Waals surface area contributed by atoms with Crippen molar-refractivity contribution in [3.8, 4) is 5.75 Å². The van der Waals surface area contributed by atoms with Gasteiger partial charge >= 0.3 is 0 Å². The van der Waals surface area contributed by atoms with Gasteiger partial charge < -0.3 is 20.1 Å². The molecule has 2 N–H and O–H groups in total. The summed E-state index contributed by atoms with van der Waals surface area (Å²) >= 11 is 0. The van der Waals surface area contributed by atoms with Crippen molar-refractivity contribution >= 4 is 17.3 Å². The maximum atomic E-state index is 11.5. The lowest BCUT2D eigenvalue weighted by molar-refractivity contribution is -0.115. The highest BCUT2D eigenvalue weighted by Crippen LogP contribution is 2.27. The number of hydrogen-bond donors (Lipinski definition) is 2. The Kier molecular flexibility index (Phi) is 5.97. The number of benzene rings is 2. The molecule has 2 heterocycles. The predicted molar refractivity (Wildman–Crippen MR) is 119 cm³/mol. The van der Waals surface area contributed by atoms with Crippen molar-refractivity contribution in [1.29, 1.82) is 0 Å². The average molecular weight is 410 g/mol. The Morgan fingerprint density at radius 3 is 2.53 bits per heavy atom. The van der Waals surface area contributed by atoms with E-state index in [1.807, 2.05) is 18.2 Å². The van der Waals surface area contributed by atoms with Crippen LogP contribution < -0.4 is 15.0 Å². The van der Waals surface area contributed by atoms with Crippen LogP contribution in [0.1, 0.15) is 25.0 Å². The molecule has 2 aromatic carbocycles. The van der Waals surface area contributed by atoms with E-state index < -0.39 is 6.10 Å². The predicted octanol–water partition coefficient (Wildman–Crippen LogP) is 2.83. The number of β-amino-alcohol motifs (C(OH)–C–C–N with tert-alkyl or cyclic N) is 1. The van der Waals surface area contributed by atoms with Crippen LogP contribution in [-0.2, 0) is 11.2 Å². The second-order valence-electron chi connectivity index (χ2n) is 8.64. The number of nitrogens with one attached hydrogen (secondary N) is 1. The summed E-state index contributed by atoms with van der Waals surface area (Å²) in [6.45, 7) is 9.23. The Balaban J connectivity index is 1.30. The SMILES string of the molecule is Cc1ccc(N2C[C@@H](C)N(C[C@@H](O)COc3ccc4c(c3)CC(=O)N4)[C@@H](C)C2)cc1. The van der Waals surface area contributed by atoms with Crippen LogP contribution in [0.15, 0.2) is 42.5 Å². The first-order valence-electron chi connectivity index (χ1n) is 10.7. The van der Waals surface area contributed by atoms with Gasteiger partial charge in [-0.15, -0.1) is 0 Å². The fraction of sp³-hybridized carbons (Fsp3) is 0.458. The van der Waals surface area contributed by atoms with Gasteiger partial charge in [0.25, 0.3) is 0 Å². The van der Waals surface area contributed by atoms with Crippen LogP contribution in [-0.4, -0.2) is 60.3 Å². The Morgan fingerprint density at radius 1 is 1.13 bits per heavy atom. The molecule has 1 saturated heterocycles. The molecule has 2 aliphatic heterocycles. The number of piperazine rings is 1. The molecule has 0 unspecified atom stereocenters. The number of aryl methyl sites for hydroxylation is 1. The van der Waals surface area contributed by atoms with Gasteiger partial charge in [-0.1, -0.05) is 17.7 Å². The van der Waals surface area contributed by atoms with E-state index >= 15 is 0 Å². The van der Waals surface area contributed by atoms with Gasteiger partial charge in [-0.3, -0.25) is 9.69 Å². The van der Waals surface area contributed by atoms with Gasteiger partial charge in [0.2, 0.25) is 5.91 Å². The normalized spacial score (nSPS) is 22.5. The van der Waals surface area contributed by atoms with Crippen molar-refractivity contribution in [2.75, 3.05) is 36.5 Å². The van der Waals surface area contributed by atoms with Crippen molar-refractivity contribution < 1.29 is 14.6 Å². The number of aliphatic hydroxyl groups excluding tert-OH is 1. The minimum absolute atomic E-state index is 0.00920. The maximum absolute atomic E-state index is 11.5. The maximum Gasteiger partial charge on any atom is 0.228 e. The summed E-state index contributed by atoms with van der Waals surface area (Å²) in [5.74, 6) is 0.699. The molecule has 0 bridgehead atoms. The van der Waals surface area contributed by atoms with Crippen LogP contribution >= 0.6 is 0 Å². The minimum Gasteiger partial charge on any atom is -0.491 e. The molecular formula is C24H31N3O3. The summed E-state index contributed by atoms with van der Waals surface area (Å²) < 4.78 is 5.82. The molecule has 1 amide bonds. The molecule has 2 aromatic rings. The van der Waals surface area contributed by atoms with Crippen molar-refractivity contribution in [3.05, 3.63) is 53.6 Å². The first kappa shape index (κ1) is 20.7. The quantitative estimate of drug-likeness (QED) is 0.768. The molecule has 1 fully saturated rings. The van der Waals surface area contributed by atoms with E-state index in [1.165, 1.54) is 11.3 Å². The first-order chi connectivity index (χ1) is 14.4. The van der Waals surface area contributed by atoms with E-state index in [0.29, 0.717) is 30.8 Å². The zero-order chi connectivity index (χ0) is 21.3. The molecule has 0 radical (unpaired) electrons. The monoisotopic (exact) mass is 409 g/mol. The minimum atomic E-state index is -0.575. The lowest BCUT2D eigenvalue weighted by Gasteiger charge is -2.46. The molecule has 6 nitrogen and oxygen atoms in total. The number of hydrogen-bond acceptors (Lipinski definition) is 5. The molecule has 0 aromatic heterocycles. The van der Waals surface area contributed by atoms with Gasteiger partial charge in [0.1, 0.15) is 18.5 Å². The van der Waals surface area contributed by atoms with Crippen LogP contribution in [0.3, 0.4) is 0 Å². The summed E-state index contributed by atoms with van der Waals surface area (Å²) in [6.07, 6.45) is -0.191. The molecule has 3 atom stereocenters. The summed E-state index contributed by atoms with van der Waals surface area (Å²) in [6, 6.07) is 14.9. The molecule has 0 aliphatic carbocycles. The molecule has 2 aliphatic rings. The number of amides is 1. The number of nitrogens with zero attached hydrogens (tertiary/aromatic N) is 2. The van der Waals surface area contributed by atoms with Gasteiger partial charge in [0, 0.05) is 43.1 Å². The van der Waals surface area contributed by atoms with E-state index in [0.717, 1.165) is 24.3 Å². The second kappa shape index (κ2) is 8.66. The van der Waals surface area contributed by atoms with E-state index in [4.69, 9.17) is 4.74 Å². The zero-order valence-corrected chi connectivity index (χ0v) is 18.0. The molecule has 160 valence electrons. The van der Waals surface area contributed by atoms with Gasteiger partial charge in [-0.2, -0.15) is 0 Å². The average Bonchev–Trinajstić information content (AvgIpc) is 3.09. The van der Waals surface area contributed by atoms with Gasteiger partial charge in [0.05, 0.1) is 6.42 Å². The molecule has 0 saturated carbocycles. The largest absolute Gasteiger partial charge is 0.491 e. The standard InChI is InChI=1S/C24H31N3O3/c1-16-4-6-20(7-5-16)26-12-17(2)27(18(3)13-26)14-21(28)15-30-22-8-9-23-19(10-22)11-24(29)25-23/h4-10,17-18,21,28H,11-15H2,1-3H3,(H,25,29)/t17-,18+,21-/m1/s1. The zero-order valence-electron chi connectivity index (χ0n) is 18.0. The molecular weight excluding hydrogens is 378 g/mol. The van der Waals surface area contributed by atoms with Gasteiger partial charge in [-0.25, -0.2) is 0 Å². The van der Waals surface area contributed by atoms with Crippen LogP contribution in [0.5, 0.6) is 5.75 Å². The van der Waals surface area contributed by atoms with Crippen LogP contribution in [0, 0.1) is 6.92 Å². The van der Waals surface area contributed by atoms with Crippen LogP contribution in [0.2, 0.25) is 0 Å². The van der Waals surface area contributed by atoms with Gasteiger partial charge in [0.15, 0.2) is 0 Å². The van der Waals surface area contributed by atoms with Crippen molar-refractivity contribution in [1.82, 2.24) is 4.90 Å². The molecule has 0 spiro atoms. The number of fused-ring (bicyclic) bond motifs is 1. The number of carbonyl (C=O) groups is 1. The van der Waals surface area contributed by atoms with Crippen molar-refractivity contribution in [3.63, 3.8) is 0 Å². The topological polar surface area (TPSA) is 65.0 Å². The highest BCUT2D eigenvalue weighted by atomic mass is 16.5. The van der Waals surface area contributed by atoms with E-state index in [9.17, 15) is 9.90 Å². The number of rotatable bonds is 6. The van der Waals surface area contributed by atoms with Gasteiger partial charge in [-0.05, 0) is 56.7 Å². The summed E-state index contributed by atoms with van der Waals surface area (Å²) in [7, 11) is 0. The Hall–Kier alpha value is -2.57. The van der Waals surface area contributed by atoms with E-state index in [1.54, 1.807) is 0 Å². The summed E-state index contributed by atoms with van der Waals surface area (Å²) in [5, 5.41) is 13.4. The highest BCUT2D eigenvalue weighted by molar-refractivity contribution is 5.99. The Bertz CT molecular complexity index is 887. The fourth-order valence-corrected chi connectivity index (χ4v) is 4.47. The van der Waals surface area contributed by atoms with Crippen molar-refractivity contribution in [2.45, 2.75) is 45.4 Å². The third kappa shape index (κ3) is 4.60. The number of aliphatic hydroxyl groups is 1. The van der Waals surface area contributed by atoms with Crippen molar-refractivity contribution in [2.24, 2.45) is 0 Å². The third-order valence-electron chi connectivity index (χ3n) is 6.07. The number of ether oxygens (including phenoxy) is 1. The second-order valence-corrected chi connectivity index (χ2v) is 8.64. The third-order valence-corrected chi connectivity index (χ3v) is 6.07. The fourth-order valence-electron chi connectivity index (χ4n) is 4.47. The smallest absolute Gasteiger partial charge is 0.228 e. The summed E-state index contributed by atoms with van der Waals surface area (Å²) in [5.41, 5.74) is 4.32. The molecule has 30 heavy (non-hydrogen) atoms. The number of anilines is 2. The van der Waals surface area contributed by atoms with E-state index in [2.05, 4.69) is 60.2 Å².